The number of hydrogen-bond donors (Lipinski definition) is 2. The van der Waals surface area contributed by atoms with Gasteiger partial charge in [-0.3, -0.25) is 9.59 Å². The second kappa shape index (κ2) is 6.60. The number of benzene rings is 2. The van der Waals surface area contributed by atoms with Crippen LogP contribution in [0.2, 0.25) is 0 Å². The summed E-state index contributed by atoms with van der Waals surface area (Å²) in [6.07, 6.45) is 1.73. The number of fused-ring (bicyclic) bond motifs is 2. The number of carbonyl (C=O) groups is 2. The zero-order valence-electron chi connectivity index (χ0n) is 15.1. The molecule has 1 fully saturated rings. The first-order valence-corrected chi connectivity index (χ1v) is 9.25. The number of carbonyl (C=O) groups excluding carboxylic acids is 2. The summed E-state index contributed by atoms with van der Waals surface area (Å²) in [7, 11) is 0. The Balaban J connectivity index is 1.22. The van der Waals surface area contributed by atoms with Crippen molar-refractivity contribution in [1.82, 2.24) is 9.88 Å². The average Bonchev–Trinajstić information content (AvgIpc) is 3.11. The summed E-state index contributed by atoms with van der Waals surface area (Å²) in [6.45, 7) is 1.85. The Bertz CT molecular complexity index is 1070. The molecule has 0 aliphatic carbocycles. The number of anilines is 1. The van der Waals surface area contributed by atoms with Gasteiger partial charge in [-0.05, 0) is 18.2 Å². The van der Waals surface area contributed by atoms with Gasteiger partial charge >= 0.3 is 0 Å². The molecule has 142 valence electrons. The van der Waals surface area contributed by atoms with Crippen LogP contribution in [-0.2, 0) is 4.79 Å². The number of likely N-dealkylation sites (tertiary alicyclic amines) is 1. The van der Waals surface area contributed by atoms with E-state index in [0.29, 0.717) is 49.1 Å². The molecule has 3 heterocycles. The van der Waals surface area contributed by atoms with Gasteiger partial charge in [0, 0.05) is 41.9 Å². The summed E-state index contributed by atoms with van der Waals surface area (Å²) in [4.78, 5) is 30.0. The molecule has 2 aliphatic rings. The van der Waals surface area contributed by atoms with Crippen molar-refractivity contribution in [3.63, 3.8) is 0 Å². The van der Waals surface area contributed by atoms with E-state index in [2.05, 4.69) is 10.3 Å². The first-order chi connectivity index (χ1) is 13.7. The fourth-order valence-corrected chi connectivity index (χ4v) is 3.59. The molecule has 0 saturated carbocycles. The maximum Gasteiger partial charge on any atom is 0.256 e. The van der Waals surface area contributed by atoms with Crippen LogP contribution in [0.4, 0.5) is 5.69 Å². The molecule has 2 amide bonds. The number of amides is 2. The minimum atomic E-state index is -0.220. The quantitative estimate of drug-likeness (QED) is 0.735. The van der Waals surface area contributed by atoms with Gasteiger partial charge in [0.15, 0.2) is 11.5 Å². The first-order valence-electron chi connectivity index (χ1n) is 9.25. The van der Waals surface area contributed by atoms with E-state index in [9.17, 15) is 9.59 Å². The van der Waals surface area contributed by atoms with Crippen molar-refractivity contribution in [1.29, 1.82) is 0 Å². The van der Waals surface area contributed by atoms with Crippen molar-refractivity contribution in [2.75, 3.05) is 31.6 Å². The molecule has 0 atom stereocenters. The third kappa shape index (κ3) is 2.85. The van der Waals surface area contributed by atoms with E-state index in [1.807, 2.05) is 24.3 Å². The van der Waals surface area contributed by atoms with E-state index in [4.69, 9.17) is 9.47 Å². The molecular weight excluding hydrogens is 358 g/mol. The number of para-hydroxylation sites is 1. The second-order valence-corrected chi connectivity index (χ2v) is 7.00. The van der Waals surface area contributed by atoms with Crippen molar-refractivity contribution in [3.8, 4) is 11.5 Å². The van der Waals surface area contributed by atoms with E-state index in [-0.39, 0.29) is 17.7 Å². The average molecular weight is 377 g/mol. The second-order valence-electron chi connectivity index (χ2n) is 7.00. The molecule has 1 saturated heterocycles. The lowest BCUT2D eigenvalue weighted by molar-refractivity contribution is -0.123. The van der Waals surface area contributed by atoms with Crippen LogP contribution in [0.3, 0.4) is 0 Å². The Morgan fingerprint density at radius 1 is 1.04 bits per heavy atom. The van der Waals surface area contributed by atoms with Crippen LogP contribution in [0, 0.1) is 5.92 Å². The van der Waals surface area contributed by atoms with Crippen molar-refractivity contribution in [2.24, 2.45) is 5.92 Å². The van der Waals surface area contributed by atoms with Crippen molar-refractivity contribution < 1.29 is 19.1 Å². The Morgan fingerprint density at radius 2 is 1.82 bits per heavy atom. The summed E-state index contributed by atoms with van der Waals surface area (Å²) in [5, 5.41) is 3.80. The number of aromatic nitrogens is 1. The Morgan fingerprint density at radius 3 is 2.68 bits per heavy atom. The highest BCUT2D eigenvalue weighted by molar-refractivity contribution is 6.07. The van der Waals surface area contributed by atoms with Gasteiger partial charge in [0.25, 0.3) is 5.91 Å². The lowest BCUT2D eigenvalue weighted by Gasteiger charge is -2.38. The van der Waals surface area contributed by atoms with Gasteiger partial charge < -0.3 is 24.7 Å². The highest BCUT2D eigenvalue weighted by Crippen LogP contribution is 2.33. The molecule has 0 spiro atoms. The molecule has 0 radical (unpaired) electrons. The van der Waals surface area contributed by atoms with Gasteiger partial charge in [0.2, 0.25) is 5.91 Å². The van der Waals surface area contributed by atoms with Gasteiger partial charge in [-0.1, -0.05) is 18.2 Å². The molecule has 2 aliphatic heterocycles. The monoisotopic (exact) mass is 377 g/mol. The molecule has 7 nitrogen and oxygen atoms in total. The van der Waals surface area contributed by atoms with Gasteiger partial charge in [0.05, 0.1) is 11.5 Å². The van der Waals surface area contributed by atoms with E-state index in [1.165, 1.54) is 0 Å². The van der Waals surface area contributed by atoms with E-state index < -0.39 is 0 Å². The van der Waals surface area contributed by atoms with Gasteiger partial charge in [-0.2, -0.15) is 0 Å². The summed E-state index contributed by atoms with van der Waals surface area (Å²) in [5.74, 6) is 0.944. The highest BCUT2D eigenvalue weighted by atomic mass is 16.6. The standard InChI is InChI=1S/C21H19N3O4/c25-20(23-14-5-6-18-19(9-14)28-8-7-27-18)13-11-24(12-13)21(26)16-10-22-17-4-2-1-3-15(16)17/h1-6,9-10,13,22H,7-8,11-12H2,(H,23,25). The Kier molecular flexibility index (Phi) is 3.93. The number of nitrogens with zero attached hydrogens (tertiary/aromatic N) is 1. The first kappa shape index (κ1) is 16.7. The summed E-state index contributed by atoms with van der Waals surface area (Å²) >= 11 is 0. The zero-order chi connectivity index (χ0) is 19.1. The van der Waals surface area contributed by atoms with Crippen molar-refractivity contribution >= 4 is 28.4 Å². The number of ether oxygens (including phenoxy) is 2. The molecule has 3 aromatic rings. The summed E-state index contributed by atoms with van der Waals surface area (Å²) < 4.78 is 11.0. The maximum atomic E-state index is 12.7. The predicted octanol–water partition coefficient (Wildman–Crippen LogP) is 2.65. The molecule has 7 heteroatoms. The zero-order valence-corrected chi connectivity index (χ0v) is 15.1. The third-order valence-electron chi connectivity index (χ3n) is 5.17. The van der Waals surface area contributed by atoms with Crippen molar-refractivity contribution in [3.05, 3.63) is 54.2 Å². The molecular formula is C21H19N3O4. The fourth-order valence-electron chi connectivity index (χ4n) is 3.59. The number of rotatable bonds is 3. The number of aromatic amines is 1. The van der Waals surface area contributed by atoms with Gasteiger partial charge in [-0.25, -0.2) is 0 Å². The molecule has 0 bridgehead atoms. The third-order valence-corrected chi connectivity index (χ3v) is 5.17. The van der Waals surface area contributed by atoms with Crippen molar-refractivity contribution in [2.45, 2.75) is 0 Å². The van der Waals surface area contributed by atoms with Crippen LogP contribution in [0.1, 0.15) is 10.4 Å². The van der Waals surface area contributed by atoms with E-state index in [1.54, 1.807) is 29.3 Å². The topological polar surface area (TPSA) is 83.7 Å². The van der Waals surface area contributed by atoms with Gasteiger partial charge in [0.1, 0.15) is 13.2 Å². The summed E-state index contributed by atoms with van der Waals surface area (Å²) in [5.41, 5.74) is 2.23. The molecule has 2 N–H and O–H groups in total. The Hall–Kier alpha value is -3.48. The molecule has 28 heavy (non-hydrogen) atoms. The molecule has 1 aromatic heterocycles. The smallest absolute Gasteiger partial charge is 0.256 e. The molecule has 2 aromatic carbocycles. The SMILES string of the molecule is O=C(Nc1ccc2c(c1)OCCO2)C1CN(C(=O)c2c[nH]c3ccccc23)C1. The van der Waals surface area contributed by atoms with Crippen LogP contribution < -0.4 is 14.8 Å². The largest absolute Gasteiger partial charge is 0.486 e. The fraction of sp³-hybridized carbons (Fsp3) is 0.238. The van der Waals surface area contributed by atoms with Gasteiger partial charge in [-0.15, -0.1) is 0 Å². The normalized spacial score (nSPS) is 15.9. The predicted molar refractivity (Wildman–Crippen MR) is 104 cm³/mol. The van der Waals surface area contributed by atoms with Crippen LogP contribution in [0.5, 0.6) is 11.5 Å². The lowest BCUT2D eigenvalue weighted by atomic mass is 9.97. The van der Waals surface area contributed by atoms with Crippen LogP contribution in [-0.4, -0.2) is 48.0 Å². The van der Waals surface area contributed by atoms with Crippen LogP contribution in [0.25, 0.3) is 10.9 Å². The maximum absolute atomic E-state index is 12.7. The van der Waals surface area contributed by atoms with E-state index >= 15 is 0 Å². The highest BCUT2D eigenvalue weighted by Gasteiger charge is 2.36. The number of hydrogen-bond acceptors (Lipinski definition) is 4. The number of H-pyrrole nitrogens is 1. The van der Waals surface area contributed by atoms with Crippen LogP contribution in [0.15, 0.2) is 48.7 Å². The van der Waals surface area contributed by atoms with Crippen LogP contribution >= 0.6 is 0 Å². The molecule has 5 rings (SSSR count). The van der Waals surface area contributed by atoms with E-state index in [0.717, 1.165) is 10.9 Å². The molecule has 0 unspecified atom stereocenters. The Labute approximate surface area is 161 Å². The number of nitrogens with one attached hydrogen (secondary N) is 2. The minimum Gasteiger partial charge on any atom is -0.486 e. The summed E-state index contributed by atoms with van der Waals surface area (Å²) in [6, 6.07) is 13.0. The minimum absolute atomic E-state index is 0.0548. The lowest BCUT2D eigenvalue weighted by Crippen LogP contribution is -2.54.